The van der Waals surface area contributed by atoms with Crippen molar-refractivity contribution in [1.82, 2.24) is 20.2 Å². The van der Waals surface area contributed by atoms with Gasteiger partial charge in [-0.05, 0) is 50.3 Å². The van der Waals surface area contributed by atoms with Gasteiger partial charge in [0.15, 0.2) is 0 Å². The van der Waals surface area contributed by atoms with E-state index in [0.29, 0.717) is 56.2 Å². The van der Waals surface area contributed by atoms with Gasteiger partial charge in [-0.2, -0.15) is 0 Å². The summed E-state index contributed by atoms with van der Waals surface area (Å²) in [4.78, 5) is 38.0. The Morgan fingerprint density at radius 1 is 1.02 bits per heavy atom. The second-order valence-electron chi connectivity index (χ2n) is 12.3. The summed E-state index contributed by atoms with van der Waals surface area (Å²) in [6.07, 6.45) is 4.67. The molecule has 12 heteroatoms. The van der Waals surface area contributed by atoms with Crippen LogP contribution in [0.4, 0.5) is 26.1 Å². The number of piperazine rings is 1. The molecular weight excluding hydrogens is 532 g/mol. The number of benzene rings is 1. The zero-order valence-corrected chi connectivity index (χ0v) is 23.8. The number of rotatable bonds is 8. The number of likely N-dealkylation sites (tertiary alicyclic amines) is 1. The molecule has 4 heterocycles. The quantitative estimate of drug-likeness (QED) is 0.440. The summed E-state index contributed by atoms with van der Waals surface area (Å²) in [6.45, 7) is 8.38. The van der Waals surface area contributed by atoms with Gasteiger partial charge in [0.2, 0.25) is 5.91 Å². The van der Waals surface area contributed by atoms with Gasteiger partial charge in [-0.1, -0.05) is 13.8 Å². The van der Waals surface area contributed by atoms with Crippen LogP contribution in [-0.4, -0.2) is 83.2 Å². The minimum Gasteiger partial charge on any atom is -0.481 e. The van der Waals surface area contributed by atoms with E-state index in [0.717, 1.165) is 25.9 Å². The highest BCUT2D eigenvalue weighted by Gasteiger charge is 2.42. The zero-order valence-electron chi connectivity index (χ0n) is 23.8. The van der Waals surface area contributed by atoms with E-state index in [1.54, 1.807) is 11.0 Å². The first-order chi connectivity index (χ1) is 19.5. The summed E-state index contributed by atoms with van der Waals surface area (Å²) < 4.78 is 30.6. The van der Waals surface area contributed by atoms with E-state index in [9.17, 15) is 9.59 Å². The third kappa shape index (κ3) is 7.03. The Kier molecular flexibility index (Phi) is 8.30. The fraction of sp³-hybridized carbons (Fsp3) is 0.586. The maximum absolute atomic E-state index is 15.4. The fourth-order valence-corrected chi connectivity index (χ4v) is 6.00. The molecule has 3 saturated heterocycles. The molecule has 2 aromatic rings. The number of hydrogen-bond donors (Lipinski definition) is 3. The number of anilines is 3. The number of hydrogen-bond acceptors (Lipinski definition) is 8. The van der Waals surface area contributed by atoms with Gasteiger partial charge in [0, 0.05) is 50.4 Å². The monoisotopic (exact) mass is 571 g/mol. The summed E-state index contributed by atoms with van der Waals surface area (Å²) >= 11 is 0. The van der Waals surface area contributed by atoms with Gasteiger partial charge in [0.25, 0.3) is 0 Å². The van der Waals surface area contributed by atoms with Crippen LogP contribution in [0.5, 0.6) is 0 Å². The molecule has 3 fully saturated rings. The highest BCUT2D eigenvalue weighted by molar-refractivity contribution is 5.84. The van der Waals surface area contributed by atoms with Gasteiger partial charge in [-0.15, -0.1) is 0 Å². The molecule has 1 spiro atoms. The van der Waals surface area contributed by atoms with E-state index in [2.05, 4.69) is 44.2 Å². The average Bonchev–Trinajstić information content (AvgIpc) is 2.91. The molecule has 222 valence electrons. The van der Waals surface area contributed by atoms with Crippen molar-refractivity contribution < 1.29 is 23.5 Å². The molecule has 0 atom stereocenters. The second kappa shape index (κ2) is 11.8. The Labute approximate surface area is 239 Å². The minimum absolute atomic E-state index is 0.0219. The van der Waals surface area contributed by atoms with Gasteiger partial charge in [-0.3, -0.25) is 14.5 Å². The first-order valence-electron chi connectivity index (χ1n) is 14.3. The molecule has 1 aromatic carbocycles. The predicted octanol–water partition coefficient (Wildman–Crippen LogP) is 3.24. The summed E-state index contributed by atoms with van der Waals surface area (Å²) in [6, 6.07) is 4.32. The number of aliphatic carboxylic acids is 1. The van der Waals surface area contributed by atoms with Crippen LogP contribution in [0.25, 0.3) is 0 Å². The second-order valence-corrected chi connectivity index (χ2v) is 12.3. The number of amides is 1. The number of carbonyl (C=O) groups excluding carboxylic acids is 1. The SMILES string of the molecule is CC1(C)CCN(Cc2cc(F)c(N3CC(=O)NC4(CCN(c5cc(NCCC(=O)O)ncn5)CC4)C3)cc2F)CC1. The Balaban J connectivity index is 1.23. The molecule has 3 N–H and O–H groups in total. The molecule has 41 heavy (non-hydrogen) atoms. The van der Waals surface area contributed by atoms with Crippen LogP contribution in [0, 0.1) is 17.0 Å². The molecule has 0 bridgehead atoms. The van der Waals surface area contributed by atoms with Crippen LogP contribution in [0.1, 0.15) is 51.5 Å². The van der Waals surface area contributed by atoms with Crippen LogP contribution in [-0.2, 0) is 16.1 Å². The van der Waals surface area contributed by atoms with Gasteiger partial charge in [-0.25, -0.2) is 18.7 Å². The Morgan fingerprint density at radius 3 is 2.46 bits per heavy atom. The number of carboxylic acids is 1. The van der Waals surface area contributed by atoms with E-state index in [1.165, 1.54) is 18.5 Å². The number of nitrogens with one attached hydrogen (secondary N) is 2. The summed E-state index contributed by atoms with van der Waals surface area (Å²) in [5.41, 5.74) is 0.181. The van der Waals surface area contributed by atoms with E-state index < -0.39 is 23.1 Å². The minimum atomic E-state index is -0.892. The van der Waals surface area contributed by atoms with Crippen molar-refractivity contribution in [3.05, 3.63) is 41.7 Å². The number of aromatic nitrogens is 2. The Morgan fingerprint density at radius 2 is 1.76 bits per heavy atom. The third-order valence-electron chi connectivity index (χ3n) is 8.63. The fourth-order valence-electron chi connectivity index (χ4n) is 6.00. The smallest absolute Gasteiger partial charge is 0.305 e. The van der Waals surface area contributed by atoms with E-state index in [4.69, 9.17) is 5.11 Å². The summed E-state index contributed by atoms with van der Waals surface area (Å²) in [5, 5.41) is 15.0. The number of nitrogens with zero attached hydrogens (tertiary/aromatic N) is 5. The number of carboxylic acid groups (broad SMARTS) is 1. The molecular formula is C29H39F2N7O3. The lowest BCUT2D eigenvalue weighted by Crippen LogP contribution is -2.66. The third-order valence-corrected chi connectivity index (χ3v) is 8.63. The van der Waals surface area contributed by atoms with E-state index >= 15 is 8.78 Å². The molecule has 3 aliphatic rings. The maximum Gasteiger partial charge on any atom is 0.305 e. The Hall–Kier alpha value is -3.54. The van der Waals surface area contributed by atoms with Crippen molar-refractivity contribution >= 4 is 29.2 Å². The molecule has 1 amide bonds. The summed E-state index contributed by atoms with van der Waals surface area (Å²) in [7, 11) is 0. The van der Waals surface area contributed by atoms with Gasteiger partial charge in [0.05, 0.1) is 24.2 Å². The van der Waals surface area contributed by atoms with Crippen LogP contribution in [0.2, 0.25) is 0 Å². The average molecular weight is 572 g/mol. The summed E-state index contributed by atoms with van der Waals surface area (Å²) in [5.74, 6) is -0.817. The molecule has 0 radical (unpaired) electrons. The molecule has 1 aromatic heterocycles. The Bertz CT molecular complexity index is 1270. The van der Waals surface area contributed by atoms with Gasteiger partial charge < -0.3 is 25.5 Å². The maximum atomic E-state index is 15.4. The van der Waals surface area contributed by atoms with Crippen molar-refractivity contribution in [1.29, 1.82) is 0 Å². The lowest BCUT2D eigenvalue weighted by Gasteiger charge is -2.48. The van der Waals surface area contributed by atoms with Crippen LogP contribution < -0.4 is 20.4 Å². The highest BCUT2D eigenvalue weighted by Crippen LogP contribution is 2.34. The zero-order chi connectivity index (χ0) is 29.2. The van der Waals surface area contributed by atoms with Crippen LogP contribution in [0.3, 0.4) is 0 Å². The lowest BCUT2D eigenvalue weighted by atomic mass is 9.82. The largest absolute Gasteiger partial charge is 0.481 e. The highest BCUT2D eigenvalue weighted by atomic mass is 19.1. The molecule has 0 aliphatic carbocycles. The van der Waals surface area contributed by atoms with E-state index in [1.807, 2.05) is 0 Å². The van der Waals surface area contributed by atoms with Crippen LogP contribution in [0.15, 0.2) is 24.5 Å². The van der Waals surface area contributed by atoms with Gasteiger partial charge >= 0.3 is 5.97 Å². The number of halogens is 2. The van der Waals surface area contributed by atoms with Gasteiger partial charge in [0.1, 0.15) is 29.6 Å². The van der Waals surface area contributed by atoms with Crippen molar-refractivity contribution in [2.24, 2.45) is 5.41 Å². The lowest BCUT2D eigenvalue weighted by molar-refractivity contribution is -0.136. The predicted molar refractivity (Wildman–Crippen MR) is 152 cm³/mol. The van der Waals surface area contributed by atoms with E-state index in [-0.39, 0.29) is 36.5 Å². The van der Waals surface area contributed by atoms with Crippen molar-refractivity contribution in [2.45, 2.75) is 58.0 Å². The number of piperidine rings is 2. The molecule has 3 aliphatic heterocycles. The molecule has 5 rings (SSSR count). The topological polar surface area (TPSA) is 114 Å². The molecule has 0 unspecified atom stereocenters. The van der Waals surface area contributed by atoms with Crippen molar-refractivity contribution in [2.75, 3.05) is 60.9 Å². The van der Waals surface area contributed by atoms with Crippen molar-refractivity contribution in [3.8, 4) is 0 Å². The molecule has 0 saturated carbocycles. The standard InChI is InChI=1S/C29H39F2N7O3/c1-28(2)4-9-36(10-5-28)16-20-13-22(31)23(14-21(20)30)38-17-26(39)35-29(18-38)6-11-37(12-7-29)25-15-24(33-19-34-25)32-8-3-27(40)41/h13-15,19H,3-12,16-18H2,1-2H3,(H,35,39)(H,40,41)(H,32,33,34). The van der Waals surface area contributed by atoms with Crippen LogP contribution >= 0.6 is 0 Å². The van der Waals surface area contributed by atoms with Crippen molar-refractivity contribution in [3.63, 3.8) is 0 Å². The first kappa shape index (κ1) is 29.0. The normalized spacial score (nSPS) is 20.6. The number of carbonyl (C=O) groups is 2. The first-order valence-corrected chi connectivity index (χ1v) is 14.3. The molecule has 10 nitrogen and oxygen atoms in total.